The number of aliphatic hydroxyl groups is 1. The first-order chi connectivity index (χ1) is 8.95. The fourth-order valence-electron chi connectivity index (χ4n) is 1.97. The van der Waals surface area contributed by atoms with Gasteiger partial charge in [0.1, 0.15) is 11.5 Å². The minimum atomic E-state index is -0.116. The van der Waals surface area contributed by atoms with Gasteiger partial charge in [-0.2, -0.15) is 0 Å². The molecule has 0 saturated heterocycles. The monoisotopic (exact) mass is 267 g/mol. The summed E-state index contributed by atoms with van der Waals surface area (Å²) in [7, 11) is 3.33. The lowest BCUT2D eigenvalue weighted by Crippen LogP contribution is -2.32. The summed E-state index contributed by atoms with van der Waals surface area (Å²) < 4.78 is 10.7. The van der Waals surface area contributed by atoms with Crippen LogP contribution in [0.1, 0.15) is 25.0 Å². The number of benzene rings is 1. The zero-order valence-electron chi connectivity index (χ0n) is 12.5. The maximum atomic E-state index is 9.22. The highest BCUT2D eigenvalue weighted by molar-refractivity contribution is 5.49. The molecule has 0 unspecified atom stereocenters. The number of nitrogens with one attached hydrogen (secondary N) is 1. The predicted octanol–water partition coefficient (Wildman–Crippen LogP) is 2.12. The molecule has 4 nitrogen and oxygen atoms in total. The molecule has 2 N–H and O–H groups in total. The number of methoxy groups -OCH3 is 2. The maximum Gasteiger partial charge on any atom is 0.129 e. The van der Waals surface area contributed by atoms with Crippen molar-refractivity contribution in [3.05, 3.63) is 23.3 Å². The Balaban J connectivity index is 2.76. The van der Waals surface area contributed by atoms with Crippen LogP contribution in [0.15, 0.2) is 12.1 Å². The van der Waals surface area contributed by atoms with Gasteiger partial charge in [0, 0.05) is 36.2 Å². The van der Waals surface area contributed by atoms with E-state index in [9.17, 15) is 5.11 Å². The van der Waals surface area contributed by atoms with Crippen LogP contribution in [0.3, 0.4) is 0 Å². The van der Waals surface area contributed by atoms with Gasteiger partial charge in [-0.3, -0.25) is 0 Å². The van der Waals surface area contributed by atoms with Crippen molar-refractivity contribution in [2.24, 2.45) is 5.41 Å². The predicted molar refractivity (Wildman–Crippen MR) is 76.9 cm³/mol. The van der Waals surface area contributed by atoms with Crippen LogP contribution in [0.4, 0.5) is 0 Å². The maximum absolute atomic E-state index is 9.22. The van der Waals surface area contributed by atoms with Crippen LogP contribution in [0.5, 0.6) is 11.5 Å². The molecular weight excluding hydrogens is 242 g/mol. The van der Waals surface area contributed by atoms with E-state index < -0.39 is 0 Å². The standard InChI is InChI=1S/C15H25NO3/c1-11-13(18-4)7-6-12(14(11)19-5)8-16-9-15(2,3)10-17/h6-7,16-17H,8-10H2,1-5H3. The summed E-state index contributed by atoms with van der Waals surface area (Å²) in [5.41, 5.74) is 1.98. The van der Waals surface area contributed by atoms with Crippen LogP contribution >= 0.6 is 0 Å². The van der Waals surface area contributed by atoms with E-state index in [1.54, 1.807) is 14.2 Å². The third kappa shape index (κ3) is 4.11. The van der Waals surface area contributed by atoms with Gasteiger partial charge in [-0.1, -0.05) is 19.9 Å². The highest BCUT2D eigenvalue weighted by Gasteiger charge is 2.16. The smallest absolute Gasteiger partial charge is 0.129 e. The Bertz CT molecular complexity index is 416. The third-order valence-electron chi connectivity index (χ3n) is 3.21. The van der Waals surface area contributed by atoms with E-state index in [4.69, 9.17) is 9.47 Å². The van der Waals surface area contributed by atoms with Crippen LogP contribution in [-0.4, -0.2) is 32.5 Å². The molecule has 0 spiro atoms. The molecule has 0 radical (unpaired) electrons. The summed E-state index contributed by atoms with van der Waals surface area (Å²) in [6, 6.07) is 3.95. The molecule has 0 aliphatic carbocycles. The van der Waals surface area contributed by atoms with E-state index in [0.29, 0.717) is 6.54 Å². The molecule has 1 rings (SSSR count). The van der Waals surface area contributed by atoms with E-state index in [0.717, 1.165) is 29.2 Å². The Hall–Kier alpha value is -1.26. The molecule has 108 valence electrons. The van der Waals surface area contributed by atoms with E-state index in [1.165, 1.54) is 0 Å². The van der Waals surface area contributed by atoms with Crippen molar-refractivity contribution < 1.29 is 14.6 Å². The summed E-state index contributed by atoms with van der Waals surface area (Å²) in [5.74, 6) is 1.69. The van der Waals surface area contributed by atoms with Gasteiger partial charge in [0.25, 0.3) is 0 Å². The topological polar surface area (TPSA) is 50.7 Å². The SMILES string of the molecule is COc1ccc(CNCC(C)(C)CO)c(OC)c1C. The Morgan fingerprint density at radius 2 is 1.89 bits per heavy atom. The Morgan fingerprint density at radius 3 is 2.42 bits per heavy atom. The minimum absolute atomic E-state index is 0.116. The van der Waals surface area contributed by atoms with Gasteiger partial charge in [-0.05, 0) is 13.0 Å². The number of hydrogen-bond acceptors (Lipinski definition) is 4. The molecule has 0 bridgehead atoms. The molecule has 0 aliphatic heterocycles. The zero-order valence-corrected chi connectivity index (χ0v) is 12.5. The van der Waals surface area contributed by atoms with Crippen LogP contribution in [-0.2, 0) is 6.54 Å². The third-order valence-corrected chi connectivity index (χ3v) is 3.21. The average Bonchev–Trinajstić information content (AvgIpc) is 2.39. The largest absolute Gasteiger partial charge is 0.496 e. The lowest BCUT2D eigenvalue weighted by molar-refractivity contribution is 0.156. The van der Waals surface area contributed by atoms with Gasteiger partial charge in [0.2, 0.25) is 0 Å². The first-order valence-electron chi connectivity index (χ1n) is 6.47. The fraction of sp³-hybridized carbons (Fsp3) is 0.600. The first-order valence-corrected chi connectivity index (χ1v) is 6.47. The average molecular weight is 267 g/mol. The lowest BCUT2D eigenvalue weighted by atomic mass is 9.95. The second-order valence-corrected chi connectivity index (χ2v) is 5.51. The molecule has 0 heterocycles. The summed E-state index contributed by atoms with van der Waals surface area (Å²) in [5, 5.41) is 12.6. The van der Waals surface area contributed by atoms with Crippen molar-refractivity contribution in [2.45, 2.75) is 27.3 Å². The van der Waals surface area contributed by atoms with Crippen molar-refractivity contribution >= 4 is 0 Å². The van der Waals surface area contributed by atoms with Gasteiger partial charge in [-0.25, -0.2) is 0 Å². The second-order valence-electron chi connectivity index (χ2n) is 5.51. The number of aliphatic hydroxyl groups excluding tert-OH is 1. The van der Waals surface area contributed by atoms with Gasteiger partial charge >= 0.3 is 0 Å². The van der Waals surface area contributed by atoms with Crippen molar-refractivity contribution in [2.75, 3.05) is 27.4 Å². The van der Waals surface area contributed by atoms with Crippen LogP contribution in [0.25, 0.3) is 0 Å². The number of rotatable bonds is 7. The molecule has 0 saturated carbocycles. The van der Waals surface area contributed by atoms with Crippen molar-refractivity contribution in [3.63, 3.8) is 0 Å². The molecule has 1 aromatic rings. The number of hydrogen-bond donors (Lipinski definition) is 2. The molecular formula is C15H25NO3. The molecule has 0 amide bonds. The van der Waals surface area contributed by atoms with Crippen molar-refractivity contribution in [1.82, 2.24) is 5.32 Å². The highest BCUT2D eigenvalue weighted by Crippen LogP contribution is 2.31. The molecule has 19 heavy (non-hydrogen) atoms. The van der Waals surface area contributed by atoms with Crippen molar-refractivity contribution in [3.8, 4) is 11.5 Å². The first kappa shape index (κ1) is 15.8. The van der Waals surface area contributed by atoms with Crippen molar-refractivity contribution in [1.29, 1.82) is 0 Å². The summed E-state index contributed by atoms with van der Waals surface area (Å²) in [4.78, 5) is 0. The Labute approximate surface area is 115 Å². The summed E-state index contributed by atoms with van der Waals surface area (Å²) >= 11 is 0. The van der Waals surface area contributed by atoms with E-state index >= 15 is 0 Å². The lowest BCUT2D eigenvalue weighted by Gasteiger charge is -2.22. The molecule has 0 aromatic heterocycles. The van der Waals surface area contributed by atoms with E-state index in [1.807, 2.05) is 32.9 Å². The van der Waals surface area contributed by atoms with Crippen LogP contribution in [0.2, 0.25) is 0 Å². The van der Waals surface area contributed by atoms with Crippen LogP contribution in [0, 0.1) is 12.3 Å². The van der Waals surface area contributed by atoms with Crippen LogP contribution < -0.4 is 14.8 Å². The Morgan fingerprint density at radius 1 is 1.21 bits per heavy atom. The molecule has 1 aromatic carbocycles. The summed E-state index contributed by atoms with van der Waals surface area (Å²) in [6.07, 6.45) is 0. The summed E-state index contributed by atoms with van der Waals surface area (Å²) in [6.45, 7) is 7.65. The Kier molecular flexibility index (Phi) is 5.63. The minimum Gasteiger partial charge on any atom is -0.496 e. The van der Waals surface area contributed by atoms with Gasteiger partial charge < -0.3 is 19.9 Å². The van der Waals surface area contributed by atoms with Gasteiger partial charge in [0.05, 0.1) is 14.2 Å². The highest BCUT2D eigenvalue weighted by atomic mass is 16.5. The zero-order chi connectivity index (χ0) is 14.5. The van der Waals surface area contributed by atoms with E-state index in [2.05, 4.69) is 5.32 Å². The second kappa shape index (κ2) is 6.78. The molecule has 0 atom stereocenters. The van der Waals surface area contributed by atoms with E-state index in [-0.39, 0.29) is 12.0 Å². The normalized spacial score (nSPS) is 11.5. The quantitative estimate of drug-likeness (QED) is 0.794. The van der Waals surface area contributed by atoms with Gasteiger partial charge in [-0.15, -0.1) is 0 Å². The number of ether oxygens (including phenoxy) is 2. The van der Waals surface area contributed by atoms with Gasteiger partial charge in [0.15, 0.2) is 0 Å². The molecule has 4 heteroatoms. The molecule has 0 aliphatic rings. The molecule has 0 fully saturated rings. The fourth-order valence-corrected chi connectivity index (χ4v) is 1.97.